The normalized spacial score (nSPS) is 15.1. The zero-order chi connectivity index (χ0) is 21.0. The van der Waals surface area contributed by atoms with E-state index in [9.17, 15) is 14.9 Å². The number of esters is 1. The Balaban J connectivity index is 1.69. The molecule has 1 amide bonds. The number of likely N-dealkylation sites (tertiary alicyclic amines) is 1. The van der Waals surface area contributed by atoms with Gasteiger partial charge in [0, 0.05) is 5.69 Å². The molecule has 1 saturated heterocycles. The summed E-state index contributed by atoms with van der Waals surface area (Å²) in [6.45, 7) is 5.75. The highest BCUT2D eigenvalue weighted by atomic mass is 16.5. The van der Waals surface area contributed by atoms with Gasteiger partial charge in [-0.3, -0.25) is 14.5 Å². The second-order valence-electron chi connectivity index (χ2n) is 7.33. The number of nitriles is 1. The van der Waals surface area contributed by atoms with Crippen LogP contribution in [-0.2, 0) is 20.9 Å². The third kappa shape index (κ3) is 4.51. The zero-order valence-corrected chi connectivity index (χ0v) is 17.0. The lowest BCUT2D eigenvalue weighted by molar-refractivity contribution is -0.147. The fourth-order valence-corrected chi connectivity index (χ4v) is 3.75. The third-order valence-corrected chi connectivity index (χ3v) is 5.58. The van der Waals surface area contributed by atoms with Crippen molar-refractivity contribution in [3.8, 4) is 6.07 Å². The summed E-state index contributed by atoms with van der Waals surface area (Å²) in [5, 5.41) is 12.5. The summed E-state index contributed by atoms with van der Waals surface area (Å²) in [4.78, 5) is 26.4. The Hall–Kier alpha value is -3.05. The Morgan fingerprint density at radius 2 is 2.07 bits per heavy atom. The summed E-state index contributed by atoms with van der Waals surface area (Å²) >= 11 is 0. The number of nitrogens with one attached hydrogen (secondary N) is 1. The zero-order valence-electron chi connectivity index (χ0n) is 17.0. The monoisotopic (exact) mass is 398 g/mol. The molecule has 1 aliphatic rings. The summed E-state index contributed by atoms with van der Waals surface area (Å²) in [5.74, 6) is 0.771. The number of amides is 1. The largest absolute Gasteiger partial charge is 0.469 e. The Morgan fingerprint density at radius 3 is 2.66 bits per heavy atom. The SMILES string of the molecule is COC(=O)C1CCN(CC(=O)Nc2c(C#N)c(C)c(C)n2Cc2ccco2)CC1. The fraction of sp³-hybridized carbons (Fsp3) is 0.476. The van der Waals surface area contributed by atoms with E-state index >= 15 is 0 Å². The fourth-order valence-electron chi connectivity index (χ4n) is 3.75. The second-order valence-corrected chi connectivity index (χ2v) is 7.33. The molecule has 154 valence electrons. The number of methoxy groups -OCH3 is 1. The first-order valence-corrected chi connectivity index (χ1v) is 9.66. The molecule has 0 atom stereocenters. The Morgan fingerprint density at radius 1 is 1.34 bits per heavy atom. The molecule has 8 nitrogen and oxygen atoms in total. The average molecular weight is 398 g/mol. The van der Waals surface area contributed by atoms with Crippen molar-refractivity contribution in [3.63, 3.8) is 0 Å². The molecule has 0 bridgehead atoms. The highest BCUT2D eigenvalue weighted by Crippen LogP contribution is 2.27. The van der Waals surface area contributed by atoms with Crippen LogP contribution in [0.2, 0.25) is 0 Å². The molecule has 0 unspecified atom stereocenters. The Labute approximate surface area is 170 Å². The van der Waals surface area contributed by atoms with Crippen LogP contribution in [-0.4, -0.2) is 48.1 Å². The molecule has 0 spiro atoms. The van der Waals surface area contributed by atoms with Gasteiger partial charge in [0.2, 0.25) is 5.91 Å². The molecule has 1 fully saturated rings. The van der Waals surface area contributed by atoms with E-state index in [2.05, 4.69) is 11.4 Å². The number of piperidine rings is 1. The minimum atomic E-state index is -0.186. The summed E-state index contributed by atoms with van der Waals surface area (Å²) in [7, 11) is 1.40. The minimum Gasteiger partial charge on any atom is -0.469 e. The number of hydrogen-bond acceptors (Lipinski definition) is 6. The van der Waals surface area contributed by atoms with E-state index in [1.165, 1.54) is 7.11 Å². The standard InChI is InChI=1S/C21H26N4O4/c1-14-15(2)25(12-17-5-4-10-29-17)20(18(14)11-22)23-19(26)13-24-8-6-16(7-9-24)21(27)28-3/h4-5,10,16H,6-9,12-13H2,1-3H3,(H,23,26). The van der Waals surface area contributed by atoms with Gasteiger partial charge < -0.3 is 19.0 Å². The first-order chi connectivity index (χ1) is 13.9. The van der Waals surface area contributed by atoms with Crippen LogP contribution in [0.5, 0.6) is 0 Å². The van der Waals surface area contributed by atoms with Crippen molar-refractivity contribution in [3.05, 3.63) is 41.0 Å². The van der Waals surface area contributed by atoms with Crippen LogP contribution in [0.15, 0.2) is 22.8 Å². The van der Waals surface area contributed by atoms with Gasteiger partial charge in [-0.2, -0.15) is 5.26 Å². The molecule has 8 heteroatoms. The number of furan rings is 1. The smallest absolute Gasteiger partial charge is 0.308 e. The number of anilines is 1. The van der Waals surface area contributed by atoms with Gasteiger partial charge in [0.1, 0.15) is 17.6 Å². The van der Waals surface area contributed by atoms with E-state index in [1.807, 2.05) is 35.4 Å². The van der Waals surface area contributed by atoms with Crippen molar-refractivity contribution in [1.29, 1.82) is 5.26 Å². The molecule has 0 radical (unpaired) electrons. The predicted octanol–water partition coefficient (Wildman–Crippen LogP) is 2.44. The van der Waals surface area contributed by atoms with E-state index in [-0.39, 0.29) is 24.3 Å². The number of carbonyl (C=O) groups is 2. The molecule has 1 N–H and O–H groups in total. The lowest BCUT2D eigenvalue weighted by Gasteiger charge is -2.30. The van der Waals surface area contributed by atoms with Gasteiger partial charge in [0.15, 0.2) is 0 Å². The van der Waals surface area contributed by atoms with Gasteiger partial charge in [-0.15, -0.1) is 0 Å². The molecule has 0 saturated carbocycles. The third-order valence-electron chi connectivity index (χ3n) is 5.58. The maximum Gasteiger partial charge on any atom is 0.308 e. The molecular formula is C21H26N4O4. The van der Waals surface area contributed by atoms with Crippen LogP contribution >= 0.6 is 0 Å². The number of nitrogens with zero attached hydrogens (tertiary/aromatic N) is 3. The van der Waals surface area contributed by atoms with Gasteiger partial charge in [-0.25, -0.2) is 0 Å². The van der Waals surface area contributed by atoms with E-state index < -0.39 is 0 Å². The number of carbonyl (C=O) groups excluding carboxylic acids is 2. The van der Waals surface area contributed by atoms with E-state index in [0.717, 1.165) is 17.0 Å². The summed E-state index contributed by atoms with van der Waals surface area (Å²) < 4.78 is 12.1. The van der Waals surface area contributed by atoms with Gasteiger partial charge in [0.05, 0.1) is 37.9 Å². The quantitative estimate of drug-likeness (QED) is 0.750. The van der Waals surface area contributed by atoms with E-state index in [0.29, 0.717) is 43.9 Å². The maximum absolute atomic E-state index is 12.7. The van der Waals surface area contributed by atoms with Crippen molar-refractivity contribution >= 4 is 17.7 Å². The van der Waals surface area contributed by atoms with Crippen LogP contribution in [0.1, 0.15) is 35.4 Å². The van der Waals surface area contributed by atoms with Crippen LogP contribution in [0.4, 0.5) is 5.82 Å². The topological polar surface area (TPSA) is 101 Å². The molecular weight excluding hydrogens is 372 g/mol. The van der Waals surface area contributed by atoms with Crippen LogP contribution in [0, 0.1) is 31.1 Å². The number of aromatic nitrogens is 1. The Bertz CT molecular complexity index is 916. The molecule has 0 aromatic carbocycles. The first kappa shape index (κ1) is 20.7. The van der Waals surface area contributed by atoms with Gasteiger partial charge in [0.25, 0.3) is 0 Å². The molecule has 2 aromatic rings. The molecule has 29 heavy (non-hydrogen) atoms. The summed E-state index contributed by atoms with van der Waals surface area (Å²) in [6.07, 6.45) is 2.95. The van der Waals surface area contributed by atoms with E-state index in [4.69, 9.17) is 9.15 Å². The molecule has 3 rings (SSSR count). The predicted molar refractivity (Wildman–Crippen MR) is 106 cm³/mol. The van der Waals surface area contributed by atoms with E-state index in [1.54, 1.807) is 6.26 Å². The van der Waals surface area contributed by atoms with Crippen LogP contribution in [0.3, 0.4) is 0 Å². The molecule has 2 aromatic heterocycles. The average Bonchev–Trinajstić information content (AvgIpc) is 3.31. The van der Waals surface area contributed by atoms with Gasteiger partial charge >= 0.3 is 5.97 Å². The lowest BCUT2D eigenvalue weighted by Crippen LogP contribution is -2.41. The minimum absolute atomic E-state index is 0.0969. The van der Waals surface area contributed by atoms with Crippen molar-refractivity contribution in [2.75, 3.05) is 32.1 Å². The number of ether oxygens (including phenoxy) is 1. The Kier molecular flexibility index (Phi) is 6.39. The van der Waals surface area contributed by atoms with Crippen molar-refractivity contribution in [1.82, 2.24) is 9.47 Å². The van der Waals surface area contributed by atoms with Gasteiger partial charge in [-0.05, 0) is 57.5 Å². The van der Waals surface area contributed by atoms with Crippen LogP contribution < -0.4 is 5.32 Å². The number of hydrogen-bond donors (Lipinski definition) is 1. The lowest BCUT2D eigenvalue weighted by atomic mass is 9.97. The van der Waals surface area contributed by atoms with Crippen molar-refractivity contribution < 1.29 is 18.7 Å². The summed E-state index contributed by atoms with van der Waals surface area (Å²) in [6, 6.07) is 5.87. The van der Waals surface area contributed by atoms with Crippen molar-refractivity contribution in [2.24, 2.45) is 5.92 Å². The van der Waals surface area contributed by atoms with Crippen LogP contribution in [0.25, 0.3) is 0 Å². The van der Waals surface area contributed by atoms with Crippen molar-refractivity contribution in [2.45, 2.75) is 33.2 Å². The maximum atomic E-state index is 12.7. The first-order valence-electron chi connectivity index (χ1n) is 9.66. The summed E-state index contributed by atoms with van der Waals surface area (Å²) in [5.41, 5.74) is 2.21. The molecule has 1 aliphatic heterocycles. The van der Waals surface area contributed by atoms with Gasteiger partial charge in [-0.1, -0.05) is 0 Å². The molecule has 0 aliphatic carbocycles. The highest BCUT2D eigenvalue weighted by molar-refractivity contribution is 5.93. The second kappa shape index (κ2) is 8.97. The number of rotatable bonds is 6. The highest BCUT2D eigenvalue weighted by Gasteiger charge is 2.27. The molecule has 3 heterocycles.